The van der Waals surface area contributed by atoms with Gasteiger partial charge in [0.05, 0.1) is 25.7 Å². The van der Waals surface area contributed by atoms with Crippen LogP contribution in [0.4, 0.5) is 0 Å². The second-order valence-corrected chi connectivity index (χ2v) is 9.25. The van der Waals surface area contributed by atoms with Crippen molar-refractivity contribution in [1.82, 2.24) is 4.98 Å². The fraction of sp³-hybridized carbons (Fsp3) is 0.370. The van der Waals surface area contributed by atoms with Crippen LogP contribution in [0.3, 0.4) is 0 Å². The van der Waals surface area contributed by atoms with Gasteiger partial charge in [0.2, 0.25) is 0 Å². The predicted octanol–water partition coefficient (Wildman–Crippen LogP) is 1.89. The first-order valence-electron chi connectivity index (χ1n) is 11.3. The summed E-state index contributed by atoms with van der Waals surface area (Å²) in [5.41, 5.74) is 3.19. The maximum Gasteiger partial charge on any atom is 0.131 e. The zero-order valence-electron chi connectivity index (χ0n) is 18.5. The molecule has 5 atom stereocenters. The Morgan fingerprint density at radius 3 is 2.78 bits per heavy atom. The summed E-state index contributed by atoms with van der Waals surface area (Å²) in [5, 5.41) is 12.8. The lowest BCUT2D eigenvalue weighted by molar-refractivity contribution is -0.984. The zero-order chi connectivity index (χ0) is 21.4. The molecule has 1 N–H and O–H groups in total. The van der Waals surface area contributed by atoms with Crippen LogP contribution in [0.15, 0.2) is 73.4 Å². The molecule has 2 aromatic carbocycles. The van der Waals surface area contributed by atoms with Crippen molar-refractivity contribution in [3.8, 4) is 5.75 Å². The number of pyridine rings is 1. The molecule has 1 aromatic heterocycles. The minimum Gasteiger partial charge on any atom is -1.00 e. The van der Waals surface area contributed by atoms with Crippen LogP contribution in [0.2, 0.25) is 0 Å². The van der Waals surface area contributed by atoms with E-state index in [9.17, 15) is 5.11 Å². The minimum atomic E-state index is -0.546. The van der Waals surface area contributed by atoms with Crippen molar-refractivity contribution in [2.24, 2.45) is 11.8 Å². The number of hydrogen-bond acceptors (Lipinski definition) is 3. The molecule has 0 spiro atoms. The van der Waals surface area contributed by atoms with Gasteiger partial charge in [-0.3, -0.25) is 4.98 Å². The molecule has 0 amide bonds. The number of aliphatic hydroxyl groups excluding tert-OH is 1. The highest BCUT2D eigenvalue weighted by atomic mass is 19.0. The summed E-state index contributed by atoms with van der Waals surface area (Å²) in [7, 11) is 1.68. The minimum absolute atomic E-state index is 0. The Kier molecular flexibility index (Phi) is 6.31. The van der Waals surface area contributed by atoms with Crippen molar-refractivity contribution >= 4 is 10.9 Å². The largest absolute Gasteiger partial charge is 1.00 e. The predicted molar refractivity (Wildman–Crippen MR) is 124 cm³/mol. The molecule has 3 aliphatic rings. The van der Waals surface area contributed by atoms with Gasteiger partial charge in [0, 0.05) is 35.9 Å². The number of quaternary nitrogens is 1. The highest BCUT2D eigenvalue weighted by Gasteiger charge is 2.53. The van der Waals surface area contributed by atoms with E-state index in [1.165, 1.54) is 12.0 Å². The van der Waals surface area contributed by atoms with Crippen molar-refractivity contribution in [2.45, 2.75) is 31.5 Å². The van der Waals surface area contributed by atoms with Crippen LogP contribution in [-0.2, 0) is 6.54 Å². The number of methoxy groups -OCH3 is 1. The van der Waals surface area contributed by atoms with Crippen LogP contribution < -0.4 is 9.44 Å². The van der Waals surface area contributed by atoms with Gasteiger partial charge in [-0.05, 0) is 35.7 Å². The first-order valence-corrected chi connectivity index (χ1v) is 11.3. The third-order valence-electron chi connectivity index (χ3n) is 7.68. The van der Waals surface area contributed by atoms with E-state index in [4.69, 9.17) is 4.74 Å². The molecule has 3 aromatic rings. The fourth-order valence-corrected chi connectivity index (χ4v) is 6.07. The van der Waals surface area contributed by atoms with E-state index in [1.54, 1.807) is 7.11 Å². The van der Waals surface area contributed by atoms with Crippen LogP contribution in [-0.4, -0.2) is 40.8 Å². The Morgan fingerprint density at radius 2 is 2.03 bits per heavy atom. The summed E-state index contributed by atoms with van der Waals surface area (Å²) in [4.78, 5) is 4.52. The Labute approximate surface area is 189 Å². The normalized spacial score (nSPS) is 27.5. The maximum atomic E-state index is 11.8. The molecule has 168 valence electrons. The Balaban J connectivity index is 0.00000245. The number of piperidine rings is 3. The molecule has 0 aliphatic carbocycles. The number of ether oxygens (including phenoxy) is 1. The van der Waals surface area contributed by atoms with E-state index < -0.39 is 6.10 Å². The van der Waals surface area contributed by atoms with Crippen molar-refractivity contribution < 1.29 is 19.0 Å². The maximum absolute atomic E-state index is 11.8. The van der Waals surface area contributed by atoms with Gasteiger partial charge in [0.1, 0.15) is 24.4 Å². The second-order valence-electron chi connectivity index (χ2n) is 9.25. The summed E-state index contributed by atoms with van der Waals surface area (Å²) in [6.45, 7) is 7.25. The van der Waals surface area contributed by atoms with E-state index in [-0.39, 0.29) is 10.7 Å². The van der Waals surface area contributed by atoms with Crippen molar-refractivity contribution in [1.29, 1.82) is 0 Å². The summed E-state index contributed by atoms with van der Waals surface area (Å²) in [6, 6.07) is 18.8. The van der Waals surface area contributed by atoms with Gasteiger partial charge in [-0.1, -0.05) is 36.4 Å². The number of benzene rings is 2. The van der Waals surface area contributed by atoms with E-state index in [1.807, 2.05) is 30.5 Å². The monoisotopic (exact) mass is 434 g/mol. The summed E-state index contributed by atoms with van der Waals surface area (Å²) < 4.78 is 6.38. The van der Waals surface area contributed by atoms with Gasteiger partial charge < -0.3 is 19.0 Å². The van der Waals surface area contributed by atoms with Crippen molar-refractivity contribution in [3.05, 3.63) is 84.6 Å². The summed E-state index contributed by atoms with van der Waals surface area (Å²) >= 11 is 0. The van der Waals surface area contributed by atoms with E-state index in [0.29, 0.717) is 11.8 Å². The molecule has 5 heteroatoms. The lowest BCUT2D eigenvalue weighted by Crippen LogP contribution is -3.00. The average molecular weight is 435 g/mol. The van der Waals surface area contributed by atoms with Crippen LogP contribution >= 0.6 is 0 Å². The number of rotatable bonds is 6. The Hall–Kier alpha value is -2.76. The lowest BCUT2D eigenvalue weighted by Gasteiger charge is -2.58. The van der Waals surface area contributed by atoms with Crippen molar-refractivity contribution in [2.75, 3.05) is 20.2 Å². The van der Waals surface area contributed by atoms with Crippen LogP contribution in [0, 0.1) is 11.8 Å². The Bertz CT molecular complexity index is 1090. The molecule has 3 saturated heterocycles. The highest BCUT2D eigenvalue weighted by Crippen LogP contribution is 2.48. The molecule has 32 heavy (non-hydrogen) atoms. The number of aromatic nitrogens is 1. The molecule has 0 saturated carbocycles. The number of aliphatic hydroxyl groups is 1. The van der Waals surface area contributed by atoms with Crippen LogP contribution in [0.1, 0.15) is 30.1 Å². The molecule has 6 rings (SSSR count). The third-order valence-corrected chi connectivity index (χ3v) is 7.68. The number of fused-ring (bicyclic) bond motifs is 4. The average Bonchev–Trinajstić information content (AvgIpc) is 2.83. The van der Waals surface area contributed by atoms with Gasteiger partial charge >= 0.3 is 0 Å². The van der Waals surface area contributed by atoms with Gasteiger partial charge in [-0.25, -0.2) is 0 Å². The number of halogens is 1. The topological polar surface area (TPSA) is 42.4 Å². The smallest absolute Gasteiger partial charge is 0.131 e. The quantitative estimate of drug-likeness (QED) is 0.476. The summed E-state index contributed by atoms with van der Waals surface area (Å²) in [6.07, 6.45) is 5.65. The highest BCUT2D eigenvalue weighted by molar-refractivity contribution is 5.83. The SMILES string of the molecule is C=C[C@H]1C[N+]2(Cc3ccccc3)CC[C@H]1C[C@H]2[C@H](O)c1ccnc2ccc(OC)cc12.[F-]. The third kappa shape index (κ3) is 3.80. The number of nitrogens with zero attached hydrogens (tertiary/aromatic N) is 2. The van der Waals surface area contributed by atoms with Gasteiger partial charge in [-0.2, -0.15) is 0 Å². The van der Waals surface area contributed by atoms with Crippen LogP contribution in [0.5, 0.6) is 5.75 Å². The van der Waals surface area contributed by atoms with E-state index >= 15 is 0 Å². The summed E-state index contributed by atoms with van der Waals surface area (Å²) in [5.74, 6) is 1.92. The van der Waals surface area contributed by atoms with Gasteiger partial charge in [0.15, 0.2) is 0 Å². The van der Waals surface area contributed by atoms with Crippen molar-refractivity contribution in [3.63, 3.8) is 0 Å². The molecule has 2 bridgehead atoms. The Morgan fingerprint density at radius 1 is 1.22 bits per heavy atom. The molecule has 4 heterocycles. The lowest BCUT2D eigenvalue weighted by atomic mass is 9.71. The van der Waals surface area contributed by atoms with Gasteiger partial charge in [0.25, 0.3) is 0 Å². The molecule has 3 aliphatic heterocycles. The molecule has 3 fully saturated rings. The van der Waals surface area contributed by atoms with E-state index in [0.717, 1.165) is 52.8 Å². The number of hydrogen-bond donors (Lipinski definition) is 1. The second kappa shape index (κ2) is 9.00. The first kappa shape index (κ1) is 22.4. The van der Waals surface area contributed by atoms with Gasteiger partial charge in [-0.15, -0.1) is 6.58 Å². The molecule has 1 unspecified atom stereocenters. The molecule has 0 radical (unpaired) electrons. The van der Waals surface area contributed by atoms with E-state index in [2.05, 4.69) is 48.0 Å². The molecule has 4 nitrogen and oxygen atoms in total. The standard InChI is InChI=1S/C27H31N2O2.FH/c1-3-20-18-29(17-19-7-5-4-6-8-19)14-12-21(20)15-26(29)27(30)23-11-13-28-25-10-9-22(31-2)16-24(23)25;/h3-11,13,16,20-21,26-27,30H,1,12,14-15,17-18H2,2H3;1H/q+1;/p-1/t20-,21-,26-,27+,29?;/m0./s1. The first-order chi connectivity index (χ1) is 15.1. The molecular formula is C27H31FN2O2. The van der Waals surface area contributed by atoms with Crippen LogP contribution in [0.25, 0.3) is 10.9 Å². The fourth-order valence-electron chi connectivity index (χ4n) is 6.07. The molecular weight excluding hydrogens is 403 g/mol. The zero-order valence-corrected chi connectivity index (χ0v) is 18.5.